The van der Waals surface area contributed by atoms with Crippen LogP contribution in [0, 0.1) is 0 Å². The molecule has 1 aliphatic rings. The molecule has 39 heavy (non-hydrogen) atoms. The molecule has 0 bridgehead atoms. The van der Waals surface area contributed by atoms with E-state index in [1.807, 2.05) is 67.2 Å². The number of rotatable bonds is 8. The number of carbonyl (C=O) groups excluding carboxylic acids is 3. The zero-order valence-electron chi connectivity index (χ0n) is 26.0. The third kappa shape index (κ3) is 18.2. The van der Waals surface area contributed by atoms with Crippen LogP contribution in [0.25, 0.3) is 0 Å². The van der Waals surface area contributed by atoms with Crippen LogP contribution in [0.3, 0.4) is 0 Å². The van der Waals surface area contributed by atoms with Gasteiger partial charge in [-0.2, -0.15) is 0 Å². The van der Waals surface area contributed by atoms with Crippen LogP contribution in [0.15, 0.2) is 0 Å². The summed E-state index contributed by atoms with van der Waals surface area (Å²) in [5, 5.41) is 0. The molecule has 1 fully saturated rings. The minimum Gasteiger partial charge on any atom is -0.459 e. The second-order valence-corrected chi connectivity index (χ2v) is 13.2. The third-order valence-corrected chi connectivity index (χ3v) is 5.69. The molecule has 11 nitrogen and oxygen atoms in total. The average molecular weight is 558 g/mol. The van der Waals surface area contributed by atoms with Crippen LogP contribution in [-0.4, -0.2) is 139 Å². The number of carbonyl (C=O) groups is 3. The monoisotopic (exact) mass is 557 g/mol. The van der Waals surface area contributed by atoms with Crippen LogP contribution in [0.2, 0.25) is 0 Å². The lowest BCUT2D eigenvalue weighted by molar-refractivity contribution is -0.158. The summed E-state index contributed by atoms with van der Waals surface area (Å²) in [6.45, 7) is 23.3. The number of nitrogens with two attached hydrogens (primary N) is 1. The Morgan fingerprint density at radius 3 is 0.949 bits per heavy atom. The molecule has 0 spiro atoms. The van der Waals surface area contributed by atoms with Crippen LogP contribution in [0.5, 0.6) is 0 Å². The molecule has 0 radical (unpaired) electrons. The predicted octanol–water partition coefficient (Wildman–Crippen LogP) is 1.19. The zero-order valence-corrected chi connectivity index (χ0v) is 26.0. The molecule has 1 saturated heterocycles. The van der Waals surface area contributed by atoms with Gasteiger partial charge in [-0.15, -0.1) is 0 Å². The van der Waals surface area contributed by atoms with E-state index in [9.17, 15) is 14.4 Å². The summed E-state index contributed by atoms with van der Waals surface area (Å²) in [6, 6.07) is 0. The Labute approximate surface area is 236 Å². The van der Waals surface area contributed by atoms with E-state index in [2.05, 4.69) is 14.7 Å². The van der Waals surface area contributed by atoms with Gasteiger partial charge in [0.2, 0.25) is 0 Å². The highest BCUT2D eigenvalue weighted by Gasteiger charge is 2.25. The first-order valence-corrected chi connectivity index (χ1v) is 14.1. The smallest absolute Gasteiger partial charge is 0.320 e. The average Bonchev–Trinajstić information content (AvgIpc) is 2.71. The highest BCUT2D eigenvalue weighted by Crippen LogP contribution is 2.11. The highest BCUT2D eigenvalue weighted by molar-refractivity contribution is 5.73. The summed E-state index contributed by atoms with van der Waals surface area (Å²) in [5.41, 5.74) is 4.18. The fourth-order valence-corrected chi connectivity index (χ4v) is 4.13. The van der Waals surface area contributed by atoms with Gasteiger partial charge in [-0.05, 0) is 62.3 Å². The molecular formula is C28H55N5O6. The Morgan fingerprint density at radius 2 is 0.744 bits per heavy atom. The number of ether oxygens (including phenoxy) is 3. The number of hydrogen-bond acceptors (Lipinski definition) is 11. The largest absolute Gasteiger partial charge is 0.459 e. The van der Waals surface area contributed by atoms with Gasteiger partial charge in [0.1, 0.15) is 16.8 Å². The quantitative estimate of drug-likeness (QED) is 0.342. The van der Waals surface area contributed by atoms with Crippen LogP contribution in [-0.2, 0) is 28.6 Å². The molecule has 1 heterocycles. The number of esters is 3. The van der Waals surface area contributed by atoms with Crippen LogP contribution >= 0.6 is 0 Å². The second-order valence-electron chi connectivity index (χ2n) is 13.2. The Bertz CT molecular complexity index is 726. The van der Waals surface area contributed by atoms with E-state index >= 15 is 0 Å². The summed E-state index contributed by atoms with van der Waals surface area (Å²) >= 11 is 0. The molecule has 0 amide bonds. The van der Waals surface area contributed by atoms with Gasteiger partial charge < -0.3 is 19.9 Å². The van der Waals surface area contributed by atoms with E-state index in [1.165, 1.54) is 0 Å². The summed E-state index contributed by atoms with van der Waals surface area (Å²) in [7, 11) is 0. The van der Waals surface area contributed by atoms with E-state index < -0.39 is 16.8 Å². The summed E-state index contributed by atoms with van der Waals surface area (Å²) in [6.07, 6.45) is 0. The van der Waals surface area contributed by atoms with Gasteiger partial charge in [0.15, 0.2) is 0 Å². The second kappa shape index (κ2) is 15.9. The molecule has 2 N–H and O–H groups in total. The van der Waals surface area contributed by atoms with Gasteiger partial charge in [0.05, 0.1) is 19.6 Å². The molecule has 0 saturated carbocycles. The Kier molecular flexibility index (Phi) is 14.3. The standard InChI is InChI=1S/C28H55N5O6/c1-26(2,3)37-23(34)20-31-14-12-30(11-10-29)13-15-32(21-24(35)38-27(4,5)6)17-19-33(18-16-31)22-25(36)39-28(7,8)9/h10-22,29H2,1-9H3. The first-order valence-electron chi connectivity index (χ1n) is 14.1. The van der Waals surface area contributed by atoms with Crippen molar-refractivity contribution in [2.75, 3.05) is 85.1 Å². The number of hydrogen-bond donors (Lipinski definition) is 1. The molecule has 0 aliphatic carbocycles. The first kappa shape index (κ1) is 35.2. The SMILES string of the molecule is CC(C)(C)OC(=O)CN1CCN(CCN)CCN(CC(=O)OC(C)(C)C)CCN(CC(=O)OC(C)(C)C)CC1. The van der Waals surface area contributed by atoms with Crippen molar-refractivity contribution in [1.82, 2.24) is 19.6 Å². The first-order chi connectivity index (χ1) is 17.8. The van der Waals surface area contributed by atoms with E-state index in [0.29, 0.717) is 65.4 Å². The van der Waals surface area contributed by atoms with Gasteiger partial charge in [-0.3, -0.25) is 34.0 Å². The van der Waals surface area contributed by atoms with Crippen molar-refractivity contribution in [2.45, 2.75) is 79.1 Å². The number of nitrogens with zero attached hydrogens (tertiary/aromatic N) is 4. The molecule has 228 valence electrons. The van der Waals surface area contributed by atoms with Crippen molar-refractivity contribution < 1.29 is 28.6 Å². The molecular weight excluding hydrogens is 502 g/mol. The molecule has 0 unspecified atom stereocenters. The topological polar surface area (TPSA) is 118 Å². The van der Waals surface area contributed by atoms with Crippen molar-refractivity contribution in [1.29, 1.82) is 0 Å². The third-order valence-electron chi connectivity index (χ3n) is 5.69. The minimum atomic E-state index is -0.582. The maximum Gasteiger partial charge on any atom is 0.320 e. The van der Waals surface area contributed by atoms with E-state index in [0.717, 1.165) is 0 Å². The van der Waals surface area contributed by atoms with Gasteiger partial charge >= 0.3 is 17.9 Å². The zero-order chi connectivity index (χ0) is 29.9. The normalized spacial score (nSPS) is 18.6. The van der Waals surface area contributed by atoms with E-state index in [4.69, 9.17) is 19.9 Å². The van der Waals surface area contributed by atoms with Crippen LogP contribution in [0.1, 0.15) is 62.3 Å². The van der Waals surface area contributed by atoms with Crippen molar-refractivity contribution >= 4 is 17.9 Å². The summed E-state index contributed by atoms with van der Waals surface area (Å²) in [4.78, 5) is 46.4. The van der Waals surface area contributed by atoms with Crippen molar-refractivity contribution in [2.24, 2.45) is 5.73 Å². The molecule has 1 rings (SSSR count). The predicted molar refractivity (Wildman–Crippen MR) is 152 cm³/mol. The summed E-state index contributed by atoms with van der Waals surface area (Å²) in [5.74, 6) is -0.856. The lowest BCUT2D eigenvalue weighted by atomic mass is 10.2. The lowest BCUT2D eigenvalue weighted by Gasteiger charge is -2.34. The van der Waals surface area contributed by atoms with Gasteiger partial charge in [0, 0.05) is 65.4 Å². The van der Waals surface area contributed by atoms with Crippen LogP contribution in [0.4, 0.5) is 0 Å². The van der Waals surface area contributed by atoms with Gasteiger partial charge in [-0.1, -0.05) is 0 Å². The lowest BCUT2D eigenvalue weighted by Crippen LogP contribution is -2.50. The molecule has 0 atom stereocenters. The molecule has 0 aromatic rings. The Morgan fingerprint density at radius 1 is 0.513 bits per heavy atom. The fourth-order valence-electron chi connectivity index (χ4n) is 4.13. The van der Waals surface area contributed by atoms with Crippen molar-refractivity contribution in [3.05, 3.63) is 0 Å². The minimum absolute atomic E-state index is 0.122. The van der Waals surface area contributed by atoms with E-state index in [1.54, 1.807) is 0 Å². The van der Waals surface area contributed by atoms with Gasteiger partial charge in [-0.25, -0.2) is 0 Å². The molecule has 0 aromatic carbocycles. The summed E-state index contributed by atoms with van der Waals surface area (Å²) < 4.78 is 16.7. The van der Waals surface area contributed by atoms with Crippen LogP contribution < -0.4 is 5.73 Å². The Hall–Kier alpha value is -1.79. The van der Waals surface area contributed by atoms with Crippen molar-refractivity contribution in [3.8, 4) is 0 Å². The maximum atomic E-state index is 12.7. The molecule has 11 heteroatoms. The maximum absolute atomic E-state index is 12.7. The van der Waals surface area contributed by atoms with Crippen molar-refractivity contribution in [3.63, 3.8) is 0 Å². The van der Waals surface area contributed by atoms with E-state index in [-0.39, 0.29) is 37.5 Å². The highest BCUT2D eigenvalue weighted by atomic mass is 16.6. The van der Waals surface area contributed by atoms with Gasteiger partial charge in [0.25, 0.3) is 0 Å². The fraction of sp³-hybridized carbons (Fsp3) is 0.893. The molecule has 1 aliphatic heterocycles. The molecule has 0 aromatic heterocycles. The Balaban J connectivity index is 3.07.